The second-order valence-corrected chi connectivity index (χ2v) is 5.07. The smallest absolute Gasteiger partial charge is 0.0468 e. The summed E-state index contributed by atoms with van der Waals surface area (Å²) in [5, 5.41) is 0. The van der Waals surface area contributed by atoms with E-state index in [0.29, 0.717) is 5.92 Å². The third kappa shape index (κ3) is 14.1. The Labute approximate surface area is 120 Å². The van der Waals surface area contributed by atoms with Gasteiger partial charge in [-0.25, -0.2) is 0 Å². The molecule has 0 heterocycles. The summed E-state index contributed by atoms with van der Waals surface area (Å²) in [7, 11) is 0. The Balaban J connectivity index is 3.66. The van der Waals surface area contributed by atoms with Crippen molar-refractivity contribution in [2.45, 2.75) is 59.3 Å². The van der Waals surface area contributed by atoms with E-state index in [-0.39, 0.29) is 0 Å². The summed E-state index contributed by atoms with van der Waals surface area (Å²) in [6.45, 7) is 11.7. The fourth-order valence-corrected chi connectivity index (χ4v) is 1.92. The highest BCUT2D eigenvalue weighted by atomic mass is 16.5. The average Bonchev–Trinajstić information content (AvgIpc) is 2.43. The highest BCUT2D eigenvalue weighted by molar-refractivity contribution is 4.59. The fourth-order valence-electron chi connectivity index (χ4n) is 1.92. The zero-order valence-corrected chi connectivity index (χ0v) is 13.3. The summed E-state index contributed by atoms with van der Waals surface area (Å²) in [6.07, 6.45) is 6.69. The van der Waals surface area contributed by atoms with Crippen molar-refractivity contribution in [2.24, 2.45) is 5.92 Å². The van der Waals surface area contributed by atoms with Crippen molar-refractivity contribution in [2.75, 3.05) is 39.6 Å². The van der Waals surface area contributed by atoms with Gasteiger partial charge >= 0.3 is 0 Å². The molecule has 0 aliphatic rings. The van der Waals surface area contributed by atoms with E-state index in [4.69, 9.17) is 14.2 Å². The van der Waals surface area contributed by atoms with Crippen molar-refractivity contribution in [3.63, 3.8) is 0 Å². The number of rotatable bonds is 15. The van der Waals surface area contributed by atoms with Gasteiger partial charge in [0.2, 0.25) is 0 Å². The minimum atomic E-state index is 0.672. The molecule has 3 nitrogen and oxygen atoms in total. The molecule has 0 amide bonds. The molecule has 0 aliphatic heterocycles. The van der Waals surface area contributed by atoms with E-state index in [9.17, 15) is 0 Å². The lowest BCUT2D eigenvalue weighted by molar-refractivity contribution is 0.0760. The molecule has 0 aromatic heterocycles. The van der Waals surface area contributed by atoms with Gasteiger partial charge in [0.15, 0.2) is 0 Å². The molecule has 3 heteroatoms. The molecule has 0 unspecified atom stereocenters. The van der Waals surface area contributed by atoms with E-state index in [1.54, 1.807) is 0 Å². The normalized spacial score (nSPS) is 11.4. The quantitative estimate of drug-likeness (QED) is 0.422. The van der Waals surface area contributed by atoms with Gasteiger partial charge in [-0.3, -0.25) is 0 Å². The summed E-state index contributed by atoms with van der Waals surface area (Å²) in [4.78, 5) is 0. The molecule has 0 saturated heterocycles. The van der Waals surface area contributed by atoms with Gasteiger partial charge < -0.3 is 14.2 Å². The molecule has 0 aromatic rings. The van der Waals surface area contributed by atoms with E-state index in [1.165, 1.54) is 0 Å². The van der Waals surface area contributed by atoms with Crippen LogP contribution in [0.25, 0.3) is 0 Å². The molecule has 0 aromatic carbocycles. The highest BCUT2D eigenvalue weighted by Gasteiger charge is 2.09. The van der Waals surface area contributed by atoms with Crippen LogP contribution in [0, 0.1) is 5.92 Å². The second-order valence-electron chi connectivity index (χ2n) is 5.07. The molecule has 0 radical (unpaired) electrons. The van der Waals surface area contributed by atoms with Crippen molar-refractivity contribution >= 4 is 0 Å². The maximum Gasteiger partial charge on any atom is 0.0468 e. The van der Waals surface area contributed by atoms with Crippen LogP contribution in [0.1, 0.15) is 59.3 Å². The first-order valence-electron chi connectivity index (χ1n) is 8.08. The summed E-state index contributed by atoms with van der Waals surface area (Å²) >= 11 is 0. The van der Waals surface area contributed by atoms with Crippen LogP contribution < -0.4 is 0 Å². The topological polar surface area (TPSA) is 27.7 Å². The fraction of sp³-hybridized carbons (Fsp3) is 1.00. The summed E-state index contributed by atoms with van der Waals surface area (Å²) in [5.41, 5.74) is 0. The van der Waals surface area contributed by atoms with Gasteiger partial charge in [0, 0.05) is 39.6 Å². The molecule has 0 aliphatic carbocycles. The molecule has 0 rings (SSSR count). The molecule has 0 fully saturated rings. The molecule has 0 bridgehead atoms. The Kier molecular flexibility index (Phi) is 15.8. The van der Waals surface area contributed by atoms with Crippen LogP contribution in [0.4, 0.5) is 0 Å². The predicted molar refractivity (Wildman–Crippen MR) is 80.7 cm³/mol. The largest absolute Gasteiger partial charge is 0.381 e. The Morgan fingerprint density at radius 1 is 0.526 bits per heavy atom. The van der Waals surface area contributed by atoms with Gasteiger partial charge in [-0.15, -0.1) is 0 Å². The molecule has 0 saturated carbocycles. The Morgan fingerprint density at radius 2 is 0.842 bits per heavy atom. The highest BCUT2D eigenvalue weighted by Crippen LogP contribution is 2.14. The van der Waals surface area contributed by atoms with Gasteiger partial charge in [0.25, 0.3) is 0 Å². The van der Waals surface area contributed by atoms with Crippen LogP contribution in [-0.4, -0.2) is 39.6 Å². The second kappa shape index (κ2) is 15.9. The van der Waals surface area contributed by atoms with Crippen molar-refractivity contribution < 1.29 is 14.2 Å². The maximum absolute atomic E-state index is 5.59. The van der Waals surface area contributed by atoms with Gasteiger partial charge in [-0.2, -0.15) is 0 Å². The van der Waals surface area contributed by atoms with E-state index in [0.717, 1.165) is 78.2 Å². The van der Waals surface area contributed by atoms with Crippen molar-refractivity contribution in [3.8, 4) is 0 Å². The summed E-state index contributed by atoms with van der Waals surface area (Å²) in [6, 6.07) is 0. The molecule has 0 spiro atoms. The number of hydrogen-bond donors (Lipinski definition) is 0. The maximum atomic E-state index is 5.59. The molecular weight excluding hydrogens is 240 g/mol. The lowest BCUT2D eigenvalue weighted by atomic mass is 9.99. The first-order valence-corrected chi connectivity index (χ1v) is 8.08. The van der Waals surface area contributed by atoms with Gasteiger partial charge in [0.1, 0.15) is 0 Å². The monoisotopic (exact) mass is 274 g/mol. The SMILES string of the molecule is CCCOCCC(CCOCCC)CCOCCC. The minimum Gasteiger partial charge on any atom is -0.381 e. The predicted octanol–water partition coefficient (Wildman–Crippen LogP) is 4.05. The van der Waals surface area contributed by atoms with Crippen molar-refractivity contribution in [1.82, 2.24) is 0 Å². The van der Waals surface area contributed by atoms with E-state index >= 15 is 0 Å². The van der Waals surface area contributed by atoms with E-state index in [2.05, 4.69) is 20.8 Å². The zero-order valence-electron chi connectivity index (χ0n) is 13.3. The molecule has 0 atom stereocenters. The Morgan fingerprint density at radius 3 is 1.11 bits per heavy atom. The van der Waals surface area contributed by atoms with Crippen LogP contribution in [0.5, 0.6) is 0 Å². The molecule has 0 N–H and O–H groups in total. The summed E-state index contributed by atoms with van der Waals surface area (Å²) in [5.74, 6) is 0.672. The van der Waals surface area contributed by atoms with Crippen LogP contribution in [-0.2, 0) is 14.2 Å². The van der Waals surface area contributed by atoms with Gasteiger partial charge in [-0.1, -0.05) is 20.8 Å². The number of ether oxygens (including phenoxy) is 3. The van der Waals surface area contributed by atoms with Crippen molar-refractivity contribution in [3.05, 3.63) is 0 Å². The molecular formula is C16H34O3. The third-order valence-electron chi connectivity index (χ3n) is 3.06. The lowest BCUT2D eigenvalue weighted by Gasteiger charge is -2.17. The Bertz CT molecular complexity index is 134. The third-order valence-corrected chi connectivity index (χ3v) is 3.06. The van der Waals surface area contributed by atoms with Crippen LogP contribution >= 0.6 is 0 Å². The van der Waals surface area contributed by atoms with Gasteiger partial charge in [0.05, 0.1) is 0 Å². The summed E-state index contributed by atoms with van der Waals surface area (Å²) < 4.78 is 16.8. The van der Waals surface area contributed by atoms with E-state index in [1.807, 2.05) is 0 Å². The van der Waals surface area contributed by atoms with Crippen LogP contribution in [0.2, 0.25) is 0 Å². The van der Waals surface area contributed by atoms with Crippen molar-refractivity contribution in [1.29, 1.82) is 0 Å². The first-order chi connectivity index (χ1) is 9.35. The zero-order chi connectivity index (χ0) is 14.2. The molecule has 116 valence electrons. The minimum absolute atomic E-state index is 0.672. The Hall–Kier alpha value is -0.120. The van der Waals surface area contributed by atoms with Crippen LogP contribution in [0.3, 0.4) is 0 Å². The first kappa shape index (κ1) is 18.9. The van der Waals surface area contributed by atoms with E-state index < -0.39 is 0 Å². The molecule has 19 heavy (non-hydrogen) atoms. The standard InChI is InChI=1S/C16H34O3/c1-4-10-17-13-7-16(8-14-18-11-5-2)9-15-19-12-6-3/h16H,4-15H2,1-3H3. The average molecular weight is 274 g/mol. The van der Waals surface area contributed by atoms with Crippen LogP contribution in [0.15, 0.2) is 0 Å². The number of hydrogen-bond acceptors (Lipinski definition) is 3. The van der Waals surface area contributed by atoms with Gasteiger partial charge in [-0.05, 0) is 44.4 Å². The lowest BCUT2D eigenvalue weighted by Crippen LogP contribution is -2.12.